The van der Waals surface area contributed by atoms with E-state index in [1.54, 1.807) is 7.11 Å². The van der Waals surface area contributed by atoms with Crippen molar-refractivity contribution in [2.24, 2.45) is 0 Å². The molecule has 1 saturated heterocycles. The number of piperazine rings is 1. The highest BCUT2D eigenvalue weighted by molar-refractivity contribution is 7.80. The van der Waals surface area contributed by atoms with E-state index >= 15 is 0 Å². The van der Waals surface area contributed by atoms with Gasteiger partial charge in [-0.25, -0.2) is 0 Å². The molecule has 1 aliphatic heterocycles. The largest absolute Gasteiger partial charge is 0.497 e. The second-order valence-corrected chi connectivity index (χ2v) is 6.62. The number of ether oxygens (including phenoxy) is 1. The minimum absolute atomic E-state index is 0.120. The quantitative estimate of drug-likeness (QED) is 0.800. The van der Waals surface area contributed by atoms with Gasteiger partial charge in [0.1, 0.15) is 10.7 Å². The van der Waals surface area contributed by atoms with Gasteiger partial charge in [0.2, 0.25) is 0 Å². The number of benzene rings is 1. The SMILES string of the molecule is COc1ccc(C(=S)N2CCN(C(=O)c3cccs3)CC2)cc1. The average Bonchev–Trinajstić information content (AvgIpc) is 3.15. The molecule has 1 fully saturated rings. The van der Waals surface area contributed by atoms with E-state index in [1.807, 2.05) is 46.7 Å². The van der Waals surface area contributed by atoms with Gasteiger partial charge >= 0.3 is 0 Å². The van der Waals surface area contributed by atoms with Gasteiger partial charge in [-0.1, -0.05) is 18.3 Å². The van der Waals surface area contributed by atoms with Crippen molar-refractivity contribution in [1.82, 2.24) is 9.80 Å². The summed E-state index contributed by atoms with van der Waals surface area (Å²) in [5, 5.41) is 1.93. The van der Waals surface area contributed by atoms with Crippen LogP contribution in [0.25, 0.3) is 0 Å². The van der Waals surface area contributed by atoms with Crippen molar-refractivity contribution in [2.45, 2.75) is 0 Å². The summed E-state index contributed by atoms with van der Waals surface area (Å²) in [6, 6.07) is 11.6. The van der Waals surface area contributed by atoms with Gasteiger partial charge in [-0.05, 0) is 35.7 Å². The van der Waals surface area contributed by atoms with Crippen LogP contribution in [-0.2, 0) is 0 Å². The maximum atomic E-state index is 12.3. The van der Waals surface area contributed by atoms with Gasteiger partial charge in [0, 0.05) is 31.7 Å². The van der Waals surface area contributed by atoms with Crippen LogP contribution in [0.4, 0.5) is 0 Å². The first kappa shape index (κ1) is 16.0. The van der Waals surface area contributed by atoms with Gasteiger partial charge < -0.3 is 14.5 Å². The number of rotatable bonds is 3. The smallest absolute Gasteiger partial charge is 0.264 e. The van der Waals surface area contributed by atoms with Crippen molar-refractivity contribution in [3.05, 3.63) is 52.2 Å². The highest BCUT2D eigenvalue weighted by Gasteiger charge is 2.24. The van der Waals surface area contributed by atoms with E-state index in [1.165, 1.54) is 11.3 Å². The summed E-state index contributed by atoms with van der Waals surface area (Å²) >= 11 is 7.08. The van der Waals surface area contributed by atoms with Crippen LogP contribution in [0.1, 0.15) is 15.2 Å². The number of methoxy groups -OCH3 is 1. The number of hydrogen-bond donors (Lipinski definition) is 0. The van der Waals surface area contributed by atoms with E-state index in [0.717, 1.165) is 34.3 Å². The molecular formula is C17H18N2O2S2. The van der Waals surface area contributed by atoms with Gasteiger partial charge in [0.05, 0.1) is 12.0 Å². The summed E-state index contributed by atoms with van der Waals surface area (Å²) in [5.74, 6) is 0.943. The molecule has 0 spiro atoms. The van der Waals surface area contributed by atoms with Crippen molar-refractivity contribution >= 4 is 34.5 Å². The molecule has 23 heavy (non-hydrogen) atoms. The topological polar surface area (TPSA) is 32.8 Å². The predicted octanol–water partition coefficient (Wildman–Crippen LogP) is 2.89. The molecular weight excluding hydrogens is 328 g/mol. The Morgan fingerprint density at radius 1 is 1.09 bits per heavy atom. The zero-order chi connectivity index (χ0) is 16.2. The lowest BCUT2D eigenvalue weighted by molar-refractivity contribution is 0.0698. The number of nitrogens with zero attached hydrogens (tertiary/aromatic N) is 2. The summed E-state index contributed by atoms with van der Waals surface area (Å²) in [7, 11) is 1.65. The summed E-state index contributed by atoms with van der Waals surface area (Å²) in [5.41, 5.74) is 1.01. The van der Waals surface area contributed by atoms with Crippen LogP contribution in [0, 0.1) is 0 Å². The summed E-state index contributed by atoms with van der Waals surface area (Å²) in [6.45, 7) is 2.93. The fourth-order valence-corrected chi connectivity index (χ4v) is 3.59. The van der Waals surface area contributed by atoms with Gasteiger partial charge in [0.25, 0.3) is 5.91 Å². The molecule has 2 heterocycles. The van der Waals surface area contributed by atoms with Crippen molar-refractivity contribution in [1.29, 1.82) is 0 Å². The second-order valence-electron chi connectivity index (χ2n) is 5.29. The van der Waals surface area contributed by atoms with E-state index in [-0.39, 0.29) is 5.91 Å². The third-order valence-corrected chi connectivity index (χ3v) is 5.27. The lowest BCUT2D eigenvalue weighted by atomic mass is 10.2. The molecule has 0 unspecified atom stereocenters. The van der Waals surface area contributed by atoms with Crippen molar-refractivity contribution in [2.75, 3.05) is 33.3 Å². The Kier molecular flexibility index (Phi) is 4.93. The number of hydrogen-bond acceptors (Lipinski definition) is 4. The molecule has 0 radical (unpaired) electrons. The molecule has 4 nitrogen and oxygen atoms in total. The molecule has 0 bridgehead atoms. The van der Waals surface area contributed by atoms with Crippen molar-refractivity contribution in [3.63, 3.8) is 0 Å². The van der Waals surface area contributed by atoms with Gasteiger partial charge in [-0.2, -0.15) is 0 Å². The minimum Gasteiger partial charge on any atom is -0.497 e. The summed E-state index contributed by atoms with van der Waals surface area (Å²) < 4.78 is 5.17. The maximum absolute atomic E-state index is 12.3. The monoisotopic (exact) mass is 346 g/mol. The van der Waals surface area contributed by atoms with Crippen LogP contribution in [0.15, 0.2) is 41.8 Å². The molecule has 3 rings (SSSR count). The fraction of sp³-hybridized carbons (Fsp3) is 0.294. The van der Waals surface area contributed by atoms with Crippen LogP contribution >= 0.6 is 23.6 Å². The van der Waals surface area contributed by atoms with E-state index in [9.17, 15) is 4.79 Å². The Bertz CT molecular complexity index is 675. The van der Waals surface area contributed by atoms with E-state index in [2.05, 4.69) is 4.90 Å². The van der Waals surface area contributed by atoms with Gasteiger partial charge in [-0.15, -0.1) is 11.3 Å². The highest BCUT2D eigenvalue weighted by Crippen LogP contribution is 2.17. The molecule has 1 aromatic heterocycles. The summed E-state index contributed by atoms with van der Waals surface area (Å²) in [6.07, 6.45) is 0. The summed E-state index contributed by atoms with van der Waals surface area (Å²) in [4.78, 5) is 18.0. The van der Waals surface area contributed by atoms with Gasteiger partial charge in [0.15, 0.2) is 0 Å². The molecule has 0 N–H and O–H groups in total. The molecule has 1 amide bonds. The maximum Gasteiger partial charge on any atom is 0.264 e. The van der Waals surface area contributed by atoms with Crippen LogP contribution < -0.4 is 4.74 Å². The normalized spacial score (nSPS) is 14.7. The number of amides is 1. The Balaban J connectivity index is 1.59. The fourth-order valence-electron chi connectivity index (χ4n) is 2.58. The van der Waals surface area contributed by atoms with E-state index < -0.39 is 0 Å². The minimum atomic E-state index is 0.120. The second kappa shape index (κ2) is 7.10. The molecule has 2 aromatic rings. The van der Waals surface area contributed by atoms with Gasteiger partial charge in [-0.3, -0.25) is 4.79 Å². The predicted molar refractivity (Wildman–Crippen MR) is 96.5 cm³/mol. The molecule has 0 saturated carbocycles. The Hall–Kier alpha value is -1.92. The third kappa shape index (κ3) is 3.54. The highest BCUT2D eigenvalue weighted by atomic mass is 32.1. The first-order valence-electron chi connectivity index (χ1n) is 7.45. The lowest BCUT2D eigenvalue weighted by Gasteiger charge is -2.36. The standard InChI is InChI=1S/C17H18N2O2S2/c1-21-14-6-4-13(5-7-14)17(22)19-10-8-18(9-11-19)16(20)15-3-2-12-23-15/h2-7,12H,8-11H2,1H3. The molecule has 6 heteroatoms. The first-order valence-corrected chi connectivity index (χ1v) is 8.74. The Morgan fingerprint density at radius 3 is 2.30 bits per heavy atom. The van der Waals surface area contributed by atoms with Crippen LogP contribution in [0.5, 0.6) is 5.75 Å². The number of carbonyl (C=O) groups excluding carboxylic acids is 1. The van der Waals surface area contributed by atoms with Crippen LogP contribution in [-0.4, -0.2) is 54.0 Å². The Morgan fingerprint density at radius 2 is 1.74 bits per heavy atom. The number of thiophene rings is 1. The zero-order valence-electron chi connectivity index (χ0n) is 12.9. The van der Waals surface area contributed by atoms with Crippen LogP contribution in [0.3, 0.4) is 0 Å². The molecule has 0 aliphatic carbocycles. The van der Waals surface area contributed by atoms with Crippen LogP contribution in [0.2, 0.25) is 0 Å². The molecule has 1 aliphatic rings. The van der Waals surface area contributed by atoms with E-state index in [0.29, 0.717) is 13.1 Å². The molecule has 1 aromatic carbocycles. The lowest BCUT2D eigenvalue weighted by Crippen LogP contribution is -2.50. The molecule has 0 atom stereocenters. The first-order chi connectivity index (χ1) is 11.2. The Labute approximate surface area is 145 Å². The van der Waals surface area contributed by atoms with E-state index in [4.69, 9.17) is 17.0 Å². The number of carbonyl (C=O) groups is 1. The zero-order valence-corrected chi connectivity index (χ0v) is 14.5. The third-order valence-electron chi connectivity index (χ3n) is 3.92. The van der Waals surface area contributed by atoms with Crippen molar-refractivity contribution < 1.29 is 9.53 Å². The number of thiocarbonyl (C=S) groups is 1. The molecule has 120 valence electrons. The van der Waals surface area contributed by atoms with Crippen molar-refractivity contribution in [3.8, 4) is 5.75 Å². The average molecular weight is 346 g/mol.